The number of alkyl halides is 9. The molecule has 1 saturated carbocycles. The van der Waals surface area contributed by atoms with Crippen molar-refractivity contribution >= 4 is 79.2 Å². The number of aromatic hydroxyl groups is 1. The van der Waals surface area contributed by atoms with Gasteiger partial charge in [-0.2, -0.15) is 26.3 Å². The Hall–Kier alpha value is -3.62. The van der Waals surface area contributed by atoms with Crippen molar-refractivity contribution in [3.63, 3.8) is 0 Å². The Kier molecular flexibility index (Phi) is 7.56. The quantitative estimate of drug-likeness (QED) is 0.0976. The molecule has 49 heavy (non-hydrogen) atoms. The number of phenolic OH excluding ortho intramolecular Hbond substituents is 1. The van der Waals surface area contributed by atoms with E-state index in [0.29, 0.717) is 27.8 Å². The number of phenols is 1. The van der Waals surface area contributed by atoms with E-state index in [4.69, 9.17) is 23.2 Å². The molecule has 0 aromatic heterocycles. The normalized spacial score (nSPS) is 30.1. The van der Waals surface area contributed by atoms with Crippen LogP contribution in [0.2, 0.25) is 0 Å². The average Bonchev–Trinajstić information content (AvgIpc) is 3.38. The van der Waals surface area contributed by atoms with Gasteiger partial charge in [0.1, 0.15) is 5.75 Å². The molecule has 0 spiro atoms. The number of amides is 4. The Morgan fingerprint density at radius 2 is 1.49 bits per heavy atom. The SMILES string of the molecule is O=C1[C@H]2[C@H](CC=C3[C@H]2C[C@@]2(Cl)C(=O)N(CBr)C(=O)[C@@]2(Cl)[C@H]3c2ccc3ccccc3c2O)C(=O)N1c1cc(C(F)(F)F)cc(C(F)(F)F)c1. The van der Waals surface area contributed by atoms with Gasteiger partial charge in [0, 0.05) is 16.9 Å². The summed E-state index contributed by atoms with van der Waals surface area (Å²) in [5, 5.41) is 12.6. The zero-order valence-electron chi connectivity index (χ0n) is 24.6. The van der Waals surface area contributed by atoms with Gasteiger partial charge in [-0.3, -0.25) is 24.1 Å². The molecular weight excluding hydrogens is 769 g/mol. The van der Waals surface area contributed by atoms with Crippen LogP contribution < -0.4 is 4.90 Å². The van der Waals surface area contributed by atoms with Crippen molar-refractivity contribution in [3.8, 4) is 5.75 Å². The number of imide groups is 2. The highest BCUT2D eigenvalue weighted by atomic mass is 79.9. The maximum atomic E-state index is 14.2. The number of fused-ring (bicyclic) bond motifs is 5. The Balaban J connectivity index is 1.40. The summed E-state index contributed by atoms with van der Waals surface area (Å²) in [6.07, 6.45) is -9.64. The summed E-state index contributed by atoms with van der Waals surface area (Å²) >= 11 is 17.5. The Morgan fingerprint density at radius 1 is 0.857 bits per heavy atom. The highest BCUT2D eigenvalue weighted by Crippen LogP contribution is 2.66. The molecule has 2 heterocycles. The van der Waals surface area contributed by atoms with Crippen LogP contribution in [-0.2, 0) is 31.5 Å². The predicted octanol–water partition coefficient (Wildman–Crippen LogP) is 7.50. The van der Waals surface area contributed by atoms with E-state index < -0.39 is 92.6 Å². The van der Waals surface area contributed by atoms with Gasteiger partial charge in [-0.25, -0.2) is 4.90 Å². The molecular formula is C33H21BrCl2F6N2O5. The molecule has 6 atom stereocenters. The molecule has 0 bridgehead atoms. The van der Waals surface area contributed by atoms with E-state index in [1.54, 1.807) is 30.3 Å². The van der Waals surface area contributed by atoms with Gasteiger partial charge in [-0.1, -0.05) is 64.0 Å². The average molecular weight is 790 g/mol. The fourth-order valence-electron chi connectivity index (χ4n) is 7.93. The lowest BCUT2D eigenvalue weighted by atomic mass is 9.56. The molecule has 2 saturated heterocycles. The van der Waals surface area contributed by atoms with Crippen molar-refractivity contribution in [2.45, 2.75) is 40.9 Å². The van der Waals surface area contributed by atoms with E-state index in [0.717, 1.165) is 4.90 Å². The molecule has 3 aromatic carbocycles. The molecule has 16 heteroatoms. The van der Waals surface area contributed by atoms with Crippen LogP contribution in [0.25, 0.3) is 10.8 Å². The molecule has 7 nitrogen and oxygen atoms in total. The minimum Gasteiger partial charge on any atom is -0.507 e. The Labute approximate surface area is 291 Å². The Bertz CT molecular complexity index is 2010. The Morgan fingerprint density at radius 3 is 2.10 bits per heavy atom. The molecule has 0 radical (unpaired) electrons. The third-order valence-electron chi connectivity index (χ3n) is 10.1. The summed E-state index contributed by atoms with van der Waals surface area (Å²) < 4.78 is 82.3. The molecule has 2 aliphatic heterocycles. The monoisotopic (exact) mass is 788 g/mol. The zero-order chi connectivity index (χ0) is 35.6. The highest BCUT2D eigenvalue weighted by molar-refractivity contribution is 9.09. The summed E-state index contributed by atoms with van der Waals surface area (Å²) in [4.78, 5) is 52.4. The summed E-state index contributed by atoms with van der Waals surface area (Å²) in [5.41, 5.74) is -4.29. The number of anilines is 1. The topological polar surface area (TPSA) is 95.0 Å². The number of halogens is 9. The van der Waals surface area contributed by atoms with Gasteiger partial charge in [0.2, 0.25) is 11.8 Å². The fraction of sp³-hybridized carbons (Fsp3) is 0.333. The van der Waals surface area contributed by atoms with Crippen LogP contribution in [0.15, 0.2) is 66.2 Å². The molecule has 3 fully saturated rings. The van der Waals surface area contributed by atoms with Crippen LogP contribution in [-0.4, -0.2) is 48.8 Å². The number of nitrogens with zero attached hydrogens (tertiary/aromatic N) is 2. The number of hydrogen-bond acceptors (Lipinski definition) is 5. The predicted molar refractivity (Wildman–Crippen MR) is 168 cm³/mol. The van der Waals surface area contributed by atoms with E-state index in [-0.39, 0.29) is 34.8 Å². The minimum atomic E-state index is -5.24. The number of carbonyl (C=O) groups is 4. The van der Waals surface area contributed by atoms with Crippen LogP contribution in [0.1, 0.15) is 35.4 Å². The number of allylic oxidation sites excluding steroid dienone is 2. The van der Waals surface area contributed by atoms with Crippen molar-refractivity contribution in [3.05, 3.63) is 82.9 Å². The first-order valence-corrected chi connectivity index (χ1v) is 16.6. The second-order valence-electron chi connectivity index (χ2n) is 12.5. The summed E-state index contributed by atoms with van der Waals surface area (Å²) in [7, 11) is 0. The number of rotatable bonds is 3. The highest BCUT2D eigenvalue weighted by Gasteiger charge is 2.76. The van der Waals surface area contributed by atoms with Crippen molar-refractivity contribution in [2.24, 2.45) is 17.8 Å². The second-order valence-corrected chi connectivity index (χ2v) is 14.2. The lowest BCUT2D eigenvalue weighted by molar-refractivity contribution is -0.143. The molecule has 0 unspecified atom stereocenters. The first-order valence-electron chi connectivity index (χ1n) is 14.7. The lowest BCUT2D eigenvalue weighted by Gasteiger charge is -2.50. The molecule has 7 rings (SSSR count). The van der Waals surface area contributed by atoms with Gasteiger partial charge in [-0.05, 0) is 42.3 Å². The minimum absolute atomic E-state index is 0.0898. The first-order chi connectivity index (χ1) is 22.9. The number of hydrogen-bond donors (Lipinski definition) is 1. The van der Waals surface area contributed by atoms with Crippen LogP contribution in [0.3, 0.4) is 0 Å². The van der Waals surface area contributed by atoms with Crippen molar-refractivity contribution < 1.29 is 50.6 Å². The first kappa shape index (κ1) is 33.9. The van der Waals surface area contributed by atoms with Crippen LogP contribution in [0.5, 0.6) is 5.75 Å². The third-order valence-corrected chi connectivity index (χ3v) is 12.0. The van der Waals surface area contributed by atoms with Crippen molar-refractivity contribution in [1.29, 1.82) is 0 Å². The van der Waals surface area contributed by atoms with Crippen LogP contribution in [0, 0.1) is 17.8 Å². The molecule has 256 valence electrons. The van der Waals surface area contributed by atoms with Gasteiger partial charge < -0.3 is 5.11 Å². The van der Waals surface area contributed by atoms with Gasteiger partial charge in [0.05, 0.1) is 34.1 Å². The number of benzene rings is 3. The van der Waals surface area contributed by atoms with E-state index in [2.05, 4.69) is 15.9 Å². The maximum absolute atomic E-state index is 14.2. The summed E-state index contributed by atoms with van der Waals surface area (Å²) in [6.45, 7) is 0. The molecule has 4 aliphatic rings. The van der Waals surface area contributed by atoms with Crippen LogP contribution >= 0.6 is 39.1 Å². The van der Waals surface area contributed by atoms with Gasteiger partial charge in [-0.15, -0.1) is 23.2 Å². The summed E-state index contributed by atoms with van der Waals surface area (Å²) in [6, 6.07) is 10.4. The summed E-state index contributed by atoms with van der Waals surface area (Å²) in [5.74, 6) is -9.37. The second kappa shape index (κ2) is 10.9. The fourth-order valence-corrected chi connectivity index (χ4v) is 9.34. The number of likely N-dealkylation sites (tertiary alicyclic amines) is 1. The van der Waals surface area contributed by atoms with E-state index in [1.165, 1.54) is 12.1 Å². The third kappa shape index (κ3) is 4.62. The molecule has 4 amide bonds. The molecule has 3 aromatic rings. The number of carbonyl (C=O) groups excluding carboxylic acids is 4. The lowest BCUT2D eigenvalue weighted by Crippen LogP contribution is -2.60. The van der Waals surface area contributed by atoms with E-state index in [1.807, 2.05) is 0 Å². The maximum Gasteiger partial charge on any atom is 0.416 e. The van der Waals surface area contributed by atoms with Gasteiger partial charge >= 0.3 is 12.4 Å². The molecule has 2 aliphatic carbocycles. The van der Waals surface area contributed by atoms with Crippen LogP contribution in [0.4, 0.5) is 32.0 Å². The van der Waals surface area contributed by atoms with Crippen molar-refractivity contribution in [2.75, 3.05) is 10.4 Å². The van der Waals surface area contributed by atoms with E-state index >= 15 is 0 Å². The zero-order valence-corrected chi connectivity index (χ0v) is 27.7. The van der Waals surface area contributed by atoms with Crippen molar-refractivity contribution in [1.82, 2.24) is 4.90 Å². The standard InChI is InChI=1S/C33H21BrCl2F6N2O5/c34-13-43-28(48)30(35)12-22-19(24(31(30,36)29(43)49)21-6-5-14-3-1-2-4-18(14)25(21)45)7-8-20-23(22)27(47)44(26(20)46)17-10-15(32(37,38)39)9-16(11-17)33(40,41)42/h1-7,9-11,20,22-24,45H,8,12-13H2/t20-,22+,23-,24+,30+,31-/m0/s1. The van der Waals surface area contributed by atoms with Gasteiger partial charge in [0.25, 0.3) is 11.8 Å². The van der Waals surface area contributed by atoms with Gasteiger partial charge in [0.15, 0.2) is 9.75 Å². The molecule has 1 N–H and O–H groups in total. The largest absolute Gasteiger partial charge is 0.507 e. The van der Waals surface area contributed by atoms with E-state index in [9.17, 15) is 50.6 Å². The smallest absolute Gasteiger partial charge is 0.416 e.